The average molecular weight is 549 g/mol. The number of carboxylic acid groups (broad SMARTS) is 1. The summed E-state index contributed by atoms with van der Waals surface area (Å²) in [6.07, 6.45) is 1.57. The second-order valence-corrected chi connectivity index (χ2v) is 10.5. The van der Waals surface area contributed by atoms with E-state index < -0.39 is 34.9 Å². The third-order valence-electron chi connectivity index (χ3n) is 4.94. The summed E-state index contributed by atoms with van der Waals surface area (Å²) in [5, 5.41) is 25.1. The third-order valence-corrected chi connectivity index (χ3v) is 8.31. The third kappa shape index (κ3) is 5.25. The van der Waals surface area contributed by atoms with Gasteiger partial charge in [0.05, 0.1) is 0 Å². The largest absolute Gasteiger partial charge is 0.477 e. The highest BCUT2D eigenvalue weighted by atomic mass is 32.2. The number of aliphatic carboxylic acids is 1. The van der Waals surface area contributed by atoms with Crippen LogP contribution < -0.4 is 16.8 Å². The Kier molecular flexibility index (Phi) is 7.97. The van der Waals surface area contributed by atoms with Gasteiger partial charge in [-0.3, -0.25) is 14.5 Å². The normalized spacial score (nSPS) is 19.5. The zero-order valence-corrected chi connectivity index (χ0v) is 20.8. The molecule has 13 nitrogen and oxygen atoms in total. The predicted molar refractivity (Wildman–Crippen MR) is 134 cm³/mol. The van der Waals surface area contributed by atoms with Crippen molar-refractivity contribution in [1.82, 2.24) is 25.2 Å². The lowest BCUT2D eigenvalue weighted by Gasteiger charge is -2.49. The Labute approximate surface area is 217 Å². The Balaban J connectivity index is 1.51. The molecule has 16 heteroatoms. The molecule has 2 amide bonds. The van der Waals surface area contributed by atoms with E-state index in [1.165, 1.54) is 41.7 Å². The molecule has 0 unspecified atom stereocenters. The van der Waals surface area contributed by atoms with Crippen molar-refractivity contribution >= 4 is 64.6 Å². The van der Waals surface area contributed by atoms with Gasteiger partial charge in [0.2, 0.25) is 0 Å². The number of hydrogen-bond donors (Lipinski definition) is 5. The van der Waals surface area contributed by atoms with E-state index in [2.05, 4.69) is 25.4 Å². The van der Waals surface area contributed by atoms with E-state index in [9.17, 15) is 24.7 Å². The SMILES string of the molecule is NCCSc1nccc(SC2=C(C(=O)O)N3C(=O)[C@@H](NC(=O)/C(=N/O)c4cccc(N)n4)[C@H]3SC2)n1. The summed E-state index contributed by atoms with van der Waals surface area (Å²) in [6, 6.07) is 5.10. The summed E-state index contributed by atoms with van der Waals surface area (Å²) in [4.78, 5) is 51.9. The number of hydrogen-bond acceptors (Lipinski definition) is 13. The number of pyridine rings is 1. The molecule has 2 aromatic heterocycles. The van der Waals surface area contributed by atoms with Crippen LogP contribution in [-0.2, 0) is 14.4 Å². The van der Waals surface area contributed by atoms with Crippen molar-refractivity contribution in [3.8, 4) is 0 Å². The van der Waals surface area contributed by atoms with Gasteiger partial charge in [-0.1, -0.05) is 34.7 Å². The number of oxime groups is 1. The number of anilines is 1. The van der Waals surface area contributed by atoms with E-state index in [0.29, 0.717) is 27.4 Å². The lowest BCUT2D eigenvalue weighted by atomic mass is 10.0. The first-order chi connectivity index (χ1) is 17.3. The van der Waals surface area contributed by atoms with Gasteiger partial charge in [0, 0.05) is 29.2 Å². The number of rotatable bonds is 9. The monoisotopic (exact) mass is 548 g/mol. The summed E-state index contributed by atoms with van der Waals surface area (Å²) >= 11 is 3.82. The van der Waals surface area contributed by atoms with Crippen LogP contribution in [0.2, 0.25) is 0 Å². The van der Waals surface area contributed by atoms with Gasteiger partial charge in [-0.05, 0) is 18.2 Å². The lowest BCUT2D eigenvalue weighted by molar-refractivity contribution is -0.150. The fourth-order valence-corrected chi connectivity index (χ4v) is 6.49. The maximum atomic E-state index is 12.9. The Bertz CT molecular complexity index is 1270. The summed E-state index contributed by atoms with van der Waals surface area (Å²) < 4.78 is 0. The molecule has 4 rings (SSSR count). The van der Waals surface area contributed by atoms with Crippen molar-refractivity contribution in [3.05, 3.63) is 46.8 Å². The Morgan fingerprint density at radius 1 is 1.31 bits per heavy atom. The highest BCUT2D eigenvalue weighted by Gasteiger charge is 2.54. The standard InChI is InChI=1S/C20H20N8O5S3/c21-5-7-34-20-23-6-4-12(25-20)36-10-8-35-18-14(17(30)28(18)15(10)19(31)32)26-16(29)13(27-33)9-2-1-3-11(22)24-9/h1-4,6,14,18,33H,5,7-8,21H2,(H2,22,24)(H,26,29)(H,31,32)/b27-13+/t14-,18-/m1/s1. The molecule has 2 aromatic rings. The zero-order chi connectivity index (χ0) is 25.8. The molecular weight excluding hydrogens is 528 g/mol. The van der Waals surface area contributed by atoms with Crippen LogP contribution in [0.15, 0.2) is 56.4 Å². The Morgan fingerprint density at radius 2 is 2.11 bits per heavy atom. The van der Waals surface area contributed by atoms with Crippen molar-refractivity contribution < 1.29 is 24.7 Å². The van der Waals surface area contributed by atoms with Crippen LogP contribution in [-0.4, -0.2) is 83.1 Å². The van der Waals surface area contributed by atoms with E-state index in [4.69, 9.17) is 11.5 Å². The fourth-order valence-electron chi connectivity index (χ4n) is 3.40. The zero-order valence-electron chi connectivity index (χ0n) is 18.4. The van der Waals surface area contributed by atoms with Gasteiger partial charge in [0.15, 0.2) is 10.9 Å². The van der Waals surface area contributed by atoms with Crippen LogP contribution in [0.1, 0.15) is 5.69 Å². The van der Waals surface area contributed by atoms with Crippen LogP contribution in [0.3, 0.4) is 0 Å². The van der Waals surface area contributed by atoms with Crippen LogP contribution in [0.5, 0.6) is 0 Å². The average Bonchev–Trinajstić information content (AvgIpc) is 2.86. The fraction of sp³-hybridized carbons (Fsp3) is 0.250. The number of nitrogens with zero attached hydrogens (tertiary/aromatic N) is 5. The van der Waals surface area contributed by atoms with E-state index >= 15 is 0 Å². The number of nitrogens with two attached hydrogens (primary N) is 2. The molecule has 0 aromatic carbocycles. The minimum Gasteiger partial charge on any atom is -0.477 e. The molecule has 7 N–H and O–H groups in total. The first-order valence-corrected chi connectivity index (χ1v) is 13.2. The molecule has 0 aliphatic carbocycles. The molecule has 2 aliphatic heterocycles. The van der Waals surface area contributed by atoms with Gasteiger partial charge in [0.1, 0.15) is 33.7 Å². The summed E-state index contributed by atoms with van der Waals surface area (Å²) in [7, 11) is 0. The molecule has 0 radical (unpaired) electrons. The molecule has 0 bridgehead atoms. The number of amides is 2. The van der Waals surface area contributed by atoms with Crippen LogP contribution >= 0.6 is 35.3 Å². The van der Waals surface area contributed by atoms with E-state index in [1.807, 2.05) is 0 Å². The minimum absolute atomic E-state index is 0.0218. The molecule has 0 saturated carbocycles. The molecule has 188 valence electrons. The summed E-state index contributed by atoms with van der Waals surface area (Å²) in [5.41, 5.74) is 10.6. The van der Waals surface area contributed by atoms with Gasteiger partial charge in [0.25, 0.3) is 11.8 Å². The number of carbonyl (C=O) groups excluding carboxylic acids is 2. The minimum atomic E-state index is -1.27. The summed E-state index contributed by atoms with van der Waals surface area (Å²) in [5.74, 6) is -1.69. The first-order valence-electron chi connectivity index (χ1n) is 10.3. The topological polar surface area (TPSA) is 210 Å². The van der Waals surface area contributed by atoms with Gasteiger partial charge >= 0.3 is 5.97 Å². The Morgan fingerprint density at radius 3 is 2.81 bits per heavy atom. The van der Waals surface area contributed by atoms with Gasteiger partial charge in [-0.25, -0.2) is 19.7 Å². The number of fused-ring (bicyclic) bond motifs is 1. The van der Waals surface area contributed by atoms with Gasteiger partial charge < -0.3 is 27.1 Å². The van der Waals surface area contributed by atoms with E-state index in [0.717, 1.165) is 16.7 Å². The quantitative estimate of drug-likeness (QED) is 0.0539. The van der Waals surface area contributed by atoms with E-state index in [1.54, 1.807) is 12.3 Å². The molecule has 0 spiro atoms. The second kappa shape index (κ2) is 11.2. The number of thioether (sulfide) groups is 3. The van der Waals surface area contributed by atoms with Crippen LogP contribution in [0, 0.1) is 0 Å². The Hall–Kier alpha value is -3.34. The van der Waals surface area contributed by atoms with Crippen molar-refractivity contribution in [2.24, 2.45) is 10.9 Å². The van der Waals surface area contributed by atoms with Crippen LogP contribution in [0.25, 0.3) is 0 Å². The number of carbonyl (C=O) groups is 3. The van der Waals surface area contributed by atoms with E-state index in [-0.39, 0.29) is 23.0 Å². The number of nitrogens with one attached hydrogen (secondary N) is 1. The molecule has 2 atom stereocenters. The highest BCUT2D eigenvalue weighted by Crippen LogP contribution is 2.44. The predicted octanol–water partition coefficient (Wildman–Crippen LogP) is 0.171. The smallest absolute Gasteiger partial charge is 0.353 e. The molecule has 36 heavy (non-hydrogen) atoms. The summed E-state index contributed by atoms with van der Waals surface area (Å²) in [6.45, 7) is 0.466. The molecule has 4 heterocycles. The number of aromatic nitrogens is 3. The highest BCUT2D eigenvalue weighted by molar-refractivity contribution is 8.06. The molecule has 1 saturated heterocycles. The maximum absolute atomic E-state index is 12.9. The molecule has 2 aliphatic rings. The number of nitrogen functional groups attached to an aromatic ring is 1. The number of β-lactam (4-membered cyclic amide) rings is 1. The second-order valence-electron chi connectivity index (χ2n) is 7.25. The van der Waals surface area contributed by atoms with Crippen molar-refractivity contribution in [2.75, 3.05) is 23.8 Å². The van der Waals surface area contributed by atoms with Crippen molar-refractivity contribution in [3.63, 3.8) is 0 Å². The first kappa shape index (κ1) is 25.7. The number of carboxylic acids is 1. The van der Waals surface area contributed by atoms with Crippen molar-refractivity contribution in [1.29, 1.82) is 0 Å². The van der Waals surface area contributed by atoms with Gasteiger partial charge in [-0.2, -0.15) is 0 Å². The van der Waals surface area contributed by atoms with Crippen molar-refractivity contribution in [2.45, 2.75) is 21.6 Å². The van der Waals surface area contributed by atoms with Gasteiger partial charge in [-0.15, -0.1) is 11.8 Å². The van der Waals surface area contributed by atoms with Crippen LogP contribution in [0.4, 0.5) is 5.82 Å². The molecular formula is C20H20N8O5S3. The molecule has 1 fully saturated rings. The lowest BCUT2D eigenvalue weighted by Crippen LogP contribution is -2.71. The maximum Gasteiger partial charge on any atom is 0.353 e.